The standard InChI is InChI=1S/C19H24O6/c1-7-5-10(20)16(23)18(3)9(7)6-11(21)19(4)12-8(2)14(25-17(12)24)13(22)15(18)19/h5,8-9,12-16,22-23H,6H2,1-4H3/t8-,9+,12+,13+,14+,15-,16+,18+,19-/m1/s1. The molecule has 2 bridgehead atoms. The van der Waals surface area contributed by atoms with Crippen LogP contribution in [0.3, 0.4) is 0 Å². The molecule has 2 saturated carbocycles. The van der Waals surface area contributed by atoms with Crippen molar-refractivity contribution < 1.29 is 29.3 Å². The van der Waals surface area contributed by atoms with Crippen LogP contribution in [0, 0.1) is 34.5 Å². The van der Waals surface area contributed by atoms with Gasteiger partial charge in [-0.2, -0.15) is 0 Å². The van der Waals surface area contributed by atoms with Crippen molar-refractivity contribution in [3.63, 3.8) is 0 Å². The molecule has 25 heavy (non-hydrogen) atoms. The second-order valence-electron chi connectivity index (χ2n) is 8.73. The molecule has 0 spiro atoms. The summed E-state index contributed by atoms with van der Waals surface area (Å²) in [6, 6.07) is 0. The minimum Gasteiger partial charge on any atom is -0.459 e. The summed E-state index contributed by atoms with van der Waals surface area (Å²) in [6.07, 6.45) is -1.54. The second-order valence-corrected chi connectivity index (χ2v) is 8.73. The molecule has 0 unspecified atom stereocenters. The number of carbonyl (C=O) groups excluding carboxylic acids is 3. The Morgan fingerprint density at radius 1 is 1.20 bits per heavy atom. The summed E-state index contributed by atoms with van der Waals surface area (Å²) < 4.78 is 5.41. The third kappa shape index (κ3) is 1.70. The first-order chi connectivity index (χ1) is 11.6. The molecule has 0 radical (unpaired) electrons. The van der Waals surface area contributed by atoms with Gasteiger partial charge in [0, 0.05) is 29.1 Å². The van der Waals surface area contributed by atoms with E-state index in [0.717, 1.165) is 5.57 Å². The van der Waals surface area contributed by atoms with Gasteiger partial charge >= 0.3 is 5.97 Å². The average molecular weight is 348 g/mol. The first-order valence-electron chi connectivity index (χ1n) is 8.88. The van der Waals surface area contributed by atoms with Crippen LogP contribution in [0.4, 0.5) is 0 Å². The molecule has 6 nitrogen and oxygen atoms in total. The zero-order valence-corrected chi connectivity index (χ0v) is 14.9. The summed E-state index contributed by atoms with van der Waals surface area (Å²) in [5, 5.41) is 21.9. The number of rotatable bonds is 0. The molecule has 3 fully saturated rings. The van der Waals surface area contributed by atoms with Crippen molar-refractivity contribution >= 4 is 17.5 Å². The van der Waals surface area contributed by atoms with Gasteiger partial charge in [-0.1, -0.05) is 26.3 Å². The highest BCUT2D eigenvalue weighted by Gasteiger charge is 2.74. The van der Waals surface area contributed by atoms with Crippen molar-refractivity contribution in [2.24, 2.45) is 34.5 Å². The SMILES string of the molecule is CC1=CC(=O)[C@H](O)[C@@]2(C)[C@H]1CC(=O)[C@]1(C)[C@@H]3C(=O)O[C@@H]([C@@H]3C)[C@H](O)[C@@H]12. The van der Waals surface area contributed by atoms with Crippen molar-refractivity contribution in [1.82, 2.24) is 0 Å². The van der Waals surface area contributed by atoms with E-state index in [-0.39, 0.29) is 24.0 Å². The van der Waals surface area contributed by atoms with Gasteiger partial charge < -0.3 is 14.9 Å². The van der Waals surface area contributed by atoms with Gasteiger partial charge in [0.2, 0.25) is 0 Å². The second kappa shape index (κ2) is 4.80. The molecule has 4 rings (SSSR count). The Labute approximate surface area is 146 Å². The number of carbonyl (C=O) groups is 3. The highest BCUT2D eigenvalue weighted by Crippen LogP contribution is 2.66. The molecule has 4 aliphatic rings. The Morgan fingerprint density at radius 3 is 2.48 bits per heavy atom. The van der Waals surface area contributed by atoms with Gasteiger partial charge in [-0.05, 0) is 18.9 Å². The van der Waals surface area contributed by atoms with E-state index in [9.17, 15) is 24.6 Å². The highest BCUT2D eigenvalue weighted by molar-refractivity contribution is 5.98. The molecule has 1 heterocycles. The third-order valence-electron chi connectivity index (χ3n) is 7.71. The van der Waals surface area contributed by atoms with Crippen LogP contribution in [0.5, 0.6) is 0 Å². The van der Waals surface area contributed by atoms with E-state index in [1.54, 1.807) is 20.8 Å². The Hall–Kier alpha value is -1.53. The molecule has 3 aliphatic carbocycles. The predicted molar refractivity (Wildman–Crippen MR) is 86.1 cm³/mol. The van der Waals surface area contributed by atoms with Crippen molar-refractivity contribution in [2.75, 3.05) is 0 Å². The van der Waals surface area contributed by atoms with Crippen LogP contribution in [0.1, 0.15) is 34.1 Å². The maximum Gasteiger partial charge on any atom is 0.310 e. The fraction of sp³-hybridized carbons (Fsp3) is 0.737. The lowest BCUT2D eigenvalue weighted by Gasteiger charge is -2.62. The Bertz CT molecular complexity index is 725. The monoisotopic (exact) mass is 348 g/mol. The normalized spacial score (nSPS) is 54.6. The van der Waals surface area contributed by atoms with Gasteiger partial charge in [0.25, 0.3) is 0 Å². The van der Waals surface area contributed by atoms with Gasteiger partial charge in [0.05, 0.1) is 12.0 Å². The van der Waals surface area contributed by atoms with Crippen molar-refractivity contribution in [3.05, 3.63) is 11.6 Å². The molecule has 0 aromatic rings. The van der Waals surface area contributed by atoms with Crippen LogP contribution in [0.25, 0.3) is 0 Å². The largest absolute Gasteiger partial charge is 0.459 e. The van der Waals surface area contributed by atoms with Crippen LogP contribution in [-0.2, 0) is 19.1 Å². The molecule has 6 heteroatoms. The maximum atomic E-state index is 13.2. The van der Waals surface area contributed by atoms with Crippen molar-refractivity contribution in [3.8, 4) is 0 Å². The molecule has 0 aromatic carbocycles. The number of ketones is 2. The Kier molecular flexibility index (Phi) is 3.24. The van der Waals surface area contributed by atoms with Crippen LogP contribution in [0.2, 0.25) is 0 Å². The fourth-order valence-corrected chi connectivity index (χ4v) is 6.55. The Balaban J connectivity index is 1.96. The van der Waals surface area contributed by atoms with Crippen molar-refractivity contribution in [1.29, 1.82) is 0 Å². The predicted octanol–water partition coefficient (Wildman–Crippen LogP) is 0.646. The first-order valence-corrected chi connectivity index (χ1v) is 8.88. The van der Waals surface area contributed by atoms with E-state index >= 15 is 0 Å². The zero-order valence-electron chi connectivity index (χ0n) is 14.9. The third-order valence-corrected chi connectivity index (χ3v) is 7.71. The van der Waals surface area contributed by atoms with Crippen LogP contribution < -0.4 is 0 Å². The van der Waals surface area contributed by atoms with E-state index in [1.807, 2.05) is 6.92 Å². The molecule has 0 aromatic heterocycles. The van der Waals surface area contributed by atoms with Gasteiger partial charge in [-0.3, -0.25) is 14.4 Å². The quantitative estimate of drug-likeness (QED) is 0.623. The Morgan fingerprint density at radius 2 is 1.84 bits per heavy atom. The van der Waals surface area contributed by atoms with Gasteiger partial charge in [0.1, 0.15) is 18.0 Å². The summed E-state index contributed by atoms with van der Waals surface area (Å²) in [4.78, 5) is 38.0. The molecule has 2 N–H and O–H groups in total. The minimum atomic E-state index is -1.31. The van der Waals surface area contributed by atoms with Gasteiger partial charge in [0.15, 0.2) is 5.78 Å². The molecular weight excluding hydrogens is 324 g/mol. The number of hydrogen-bond acceptors (Lipinski definition) is 6. The molecule has 1 saturated heterocycles. The minimum absolute atomic E-state index is 0.0949. The number of aliphatic hydroxyl groups is 2. The number of hydrogen-bond donors (Lipinski definition) is 2. The first kappa shape index (κ1) is 16.9. The van der Waals surface area contributed by atoms with Crippen LogP contribution in [0.15, 0.2) is 11.6 Å². The van der Waals surface area contributed by atoms with E-state index in [0.29, 0.717) is 0 Å². The maximum absolute atomic E-state index is 13.2. The lowest BCUT2D eigenvalue weighted by Crippen LogP contribution is -2.70. The van der Waals surface area contributed by atoms with E-state index in [1.165, 1.54) is 6.08 Å². The summed E-state index contributed by atoms with van der Waals surface area (Å²) in [7, 11) is 0. The molecule has 1 aliphatic heterocycles. The fourth-order valence-electron chi connectivity index (χ4n) is 6.55. The average Bonchev–Trinajstić information content (AvgIpc) is 2.78. The molecule has 136 valence electrons. The summed E-state index contributed by atoms with van der Waals surface area (Å²) in [6.45, 7) is 7.09. The summed E-state index contributed by atoms with van der Waals surface area (Å²) >= 11 is 0. The van der Waals surface area contributed by atoms with E-state index in [4.69, 9.17) is 4.74 Å². The van der Waals surface area contributed by atoms with E-state index < -0.39 is 52.7 Å². The number of ether oxygens (including phenoxy) is 1. The smallest absolute Gasteiger partial charge is 0.310 e. The molecule has 9 atom stereocenters. The van der Waals surface area contributed by atoms with Gasteiger partial charge in [-0.15, -0.1) is 0 Å². The van der Waals surface area contributed by atoms with Crippen molar-refractivity contribution in [2.45, 2.75) is 52.4 Å². The number of fused-ring (bicyclic) bond motifs is 6. The van der Waals surface area contributed by atoms with Crippen LogP contribution >= 0.6 is 0 Å². The van der Waals surface area contributed by atoms with Gasteiger partial charge in [-0.25, -0.2) is 0 Å². The van der Waals surface area contributed by atoms with Crippen LogP contribution in [-0.4, -0.2) is 46.1 Å². The molecule has 0 amide bonds. The number of allylic oxidation sites excluding steroid dienone is 1. The lowest BCUT2D eigenvalue weighted by molar-refractivity contribution is -0.208. The zero-order chi connectivity index (χ0) is 18.5. The highest BCUT2D eigenvalue weighted by atomic mass is 16.6. The lowest BCUT2D eigenvalue weighted by atomic mass is 9.40. The number of Topliss-reactive ketones (excluding diaryl/α,β-unsaturated/α-hetero) is 1. The number of aliphatic hydroxyl groups excluding tert-OH is 2. The number of esters is 1. The van der Waals surface area contributed by atoms with E-state index in [2.05, 4.69) is 0 Å². The summed E-state index contributed by atoms with van der Waals surface area (Å²) in [5.74, 6) is -2.93. The topological polar surface area (TPSA) is 101 Å². The summed E-state index contributed by atoms with van der Waals surface area (Å²) in [5.41, 5.74) is -1.41. The molecular formula is C19H24O6.